The Balaban J connectivity index is 0.00000380. The number of alkyl halides is 2. The van der Waals surface area contributed by atoms with E-state index >= 15 is 0 Å². The van der Waals surface area contributed by atoms with Crippen molar-refractivity contribution >= 4 is 28.2 Å². The molecule has 1 saturated carbocycles. The largest absolute Gasteiger partial charge is 0.295 e. The Morgan fingerprint density at radius 3 is 2.22 bits per heavy atom. The molecule has 1 aliphatic carbocycles. The highest BCUT2D eigenvalue weighted by Crippen LogP contribution is 2.44. The van der Waals surface area contributed by atoms with E-state index in [1.165, 1.54) is 22.1 Å². The van der Waals surface area contributed by atoms with E-state index in [4.69, 9.17) is 0 Å². The number of aryl methyl sites for hydroxylation is 2. The van der Waals surface area contributed by atoms with Crippen molar-refractivity contribution in [2.75, 3.05) is 26.2 Å². The maximum absolute atomic E-state index is 14.3. The monoisotopic (exact) mass is 567 g/mol. The van der Waals surface area contributed by atoms with Crippen LogP contribution in [0.4, 0.5) is 17.6 Å². The predicted octanol–water partition coefficient (Wildman–Crippen LogP) is 3.74. The van der Waals surface area contributed by atoms with E-state index in [1.54, 1.807) is 7.05 Å². The number of benzene rings is 1. The minimum absolute atomic E-state index is 0. The predicted molar refractivity (Wildman–Crippen MR) is 129 cm³/mol. The third-order valence-corrected chi connectivity index (χ3v) is 9.13. The molecule has 2 fully saturated rings. The molecule has 0 atom stereocenters. The van der Waals surface area contributed by atoms with Crippen LogP contribution in [0.5, 0.6) is 0 Å². The molecular weight excluding hydrogens is 538 g/mol. The van der Waals surface area contributed by atoms with Crippen LogP contribution in [0, 0.1) is 18.6 Å². The molecular formula is C23H30ClF4N5O3S. The summed E-state index contributed by atoms with van der Waals surface area (Å²) < 4.78 is 84.7. The van der Waals surface area contributed by atoms with E-state index in [-0.39, 0.29) is 93.3 Å². The van der Waals surface area contributed by atoms with Crippen LogP contribution >= 0.6 is 12.4 Å². The van der Waals surface area contributed by atoms with Gasteiger partial charge in [-0.1, -0.05) is 5.21 Å². The highest BCUT2D eigenvalue weighted by atomic mass is 35.5. The molecule has 37 heavy (non-hydrogen) atoms. The third kappa shape index (κ3) is 6.15. The summed E-state index contributed by atoms with van der Waals surface area (Å²) in [4.78, 5) is 14.8. The molecule has 0 radical (unpaired) electrons. The number of carbonyl (C=O) groups excluding carboxylic acids is 1. The van der Waals surface area contributed by atoms with Gasteiger partial charge in [-0.2, -0.15) is 4.31 Å². The van der Waals surface area contributed by atoms with E-state index < -0.39 is 38.9 Å². The molecule has 4 rings (SSSR count). The lowest BCUT2D eigenvalue weighted by molar-refractivity contribution is -0.0891. The summed E-state index contributed by atoms with van der Waals surface area (Å²) in [6, 6.07) is 1.85. The van der Waals surface area contributed by atoms with Gasteiger partial charge in [-0.25, -0.2) is 26.0 Å². The number of carbonyl (C=O) groups is 1. The normalized spacial score (nSPS) is 20.4. The molecule has 8 nitrogen and oxygen atoms in total. The zero-order chi connectivity index (χ0) is 26.3. The van der Waals surface area contributed by atoms with Gasteiger partial charge < -0.3 is 0 Å². The van der Waals surface area contributed by atoms with Crippen molar-refractivity contribution < 1.29 is 30.8 Å². The fourth-order valence-electron chi connectivity index (χ4n) is 5.13. The molecule has 1 aromatic heterocycles. The Bertz CT molecular complexity index is 1240. The minimum atomic E-state index is -3.85. The molecule has 0 amide bonds. The number of Topliss-reactive ketones (excluding diaryl/α,β-unsaturated/α-hetero) is 1. The maximum atomic E-state index is 14.3. The molecule has 1 aliphatic heterocycles. The first-order valence-electron chi connectivity index (χ1n) is 11.8. The van der Waals surface area contributed by atoms with Crippen LogP contribution in [0.15, 0.2) is 23.4 Å². The number of nitrogens with zero attached hydrogens (tertiary/aromatic N) is 5. The van der Waals surface area contributed by atoms with Crippen LogP contribution in [0.25, 0.3) is 0 Å². The molecule has 206 valence electrons. The zero-order valence-corrected chi connectivity index (χ0v) is 22.2. The molecule has 2 heterocycles. The molecule has 0 unspecified atom stereocenters. The topological polar surface area (TPSA) is 88.4 Å². The minimum Gasteiger partial charge on any atom is -0.295 e. The molecule has 0 spiro atoms. The Labute approximate surface area is 219 Å². The number of hydrogen-bond donors (Lipinski definition) is 0. The second kappa shape index (κ2) is 11.0. The lowest BCUT2D eigenvalue weighted by Gasteiger charge is -2.50. The Morgan fingerprint density at radius 2 is 1.65 bits per heavy atom. The van der Waals surface area contributed by atoms with Gasteiger partial charge in [0.25, 0.3) is 10.0 Å². The third-order valence-electron chi connectivity index (χ3n) is 7.37. The van der Waals surface area contributed by atoms with Crippen molar-refractivity contribution in [3.63, 3.8) is 0 Å². The zero-order valence-electron chi connectivity index (χ0n) is 20.6. The van der Waals surface area contributed by atoms with E-state index in [1.807, 2.05) is 4.90 Å². The standard InChI is InChI=1S/C23H29F4N5O3S.ClH/c1-16-13-19(25)17(14-18(16)24)20(33)3-4-22(5-7-23(26,27)8-6-22)31-9-11-32(12-10-31)36(34,35)21-15-30(2)29-28-21;/h13-15H,3-12H2,1-2H3;1H. The first-order valence-corrected chi connectivity index (χ1v) is 13.3. The smallest absolute Gasteiger partial charge is 0.264 e. The lowest BCUT2D eigenvalue weighted by atomic mass is 9.74. The van der Waals surface area contributed by atoms with Gasteiger partial charge >= 0.3 is 0 Å². The highest BCUT2D eigenvalue weighted by Gasteiger charge is 2.47. The lowest BCUT2D eigenvalue weighted by Crippen LogP contribution is -2.59. The van der Waals surface area contributed by atoms with Gasteiger partial charge in [-0.05, 0) is 43.9 Å². The fraction of sp³-hybridized carbons (Fsp3) is 0.609. The Kier molecular flexibility index (Phi) is 8.72. The number of ketones is 1. The quantitative estimate of drug-likeness (QED) is 0.374. The molecule has 2 aromatic rings. The van der Waals surface area contributed by atoms with E-state index in [0.29, 0.717) is 0 Å². The van der Waals surface area contributed by atoms with E-state index in [0.717, 1.165) is 12.1 Å². The number of sulfonamides is 1. The molecule has 1 aromatic carbocycles. The number of halogens is 5. The van der Waals surface area contributed by atoms with Crippen molar-refractivity contribution in [1.82, 2.24) is 24.2 Å². The molecule has 2 aliphatic rings. The number of hydrogen-bond acceptors (Lipinski definition) is 6. The summed E-state index contributed by atoms with van der Waals surface area (Å²) in [5.74, 6) is -4.90. The molecule has 14 heteroatoms. The van der Waals surface area contributed by atoms with Crippen LogP contribution in [0.3, 0.4) is 0 Å². The SMILES string of the molecule is Cc1cc(F)c(C(=O)CCC2(N3CCN(S(=O)(=O)c4cn(C)nn4)CC3)CCC(F)(F)CC2)cc1F.Cl. The summed E-state index contributed by atoms with van der Waals surface area (Å²) in [7, 11) is -2.29. The Morgan fingerprint density at radius 1 is 1.03 bits per heavy atom. The van der Waals surface area contributed by atoms with Crippen LogP contribution in [-0.2, 0) is 17.1 Å². The van der Waals surface area contributed by atoms with Crippen molar-refractivity contribution in [1.29, 1.82) is 0 Å². The maximum Gasteiger partial charge on any atom is 0.264 e. The summed E-state index contributed by atoms with van der Waals surface area (Å²) >= 11 is 0. The molecule has 0 N–H and O–H groups in total. The van der Waals surface area contributed by atoms with Gasteiger partial charge in [-0.3, -0.25) is 14.4 Å². The van der Waals surface area contributed by atoms with Gasteiger partial charge in [0.15, 0.2) is 5.78 Å². The highest BCUT2D eigenvalue weighted by molar-refractivity contribution is 7.89. The van der Waals surface area contributed by atoms with Crippen LogP contribution < -0.4 is 0 Å². The summed E-state index contributed by atoms with van der Waals surface area (Å²) in [5, 5.41) is 7.20. The number of aromatic nitrogens is 3. The van der Waals surface area contributed by atoms with Gasteiger partial charge in [0, 0.05) is 58.0 Å². The van der Waals surface area contributed by atoms with Gasteiger partial charge in [0.05, 0.1) is 11.8 Å². The number of piperazine rings is 1. The fourth-order valence-corrected chi connectivity index (χ4v) is 6.46. The van der Waals surface area contributed by atoms with Gasteiger partial charge in [0.1, 0.15) is 11.6 Å². The van der Waals surface area contributed by atoms with Gasteiger partial charge in [0.2, 0.25) is 10.9 Å². The first kappa shape index (κ1) is 29.5. The van der Waals surface area contributed by atoms with Crippen molar-refractivity contribution in [2.45, 2.75) is 61.9 Å². The van der Waals surface area contributed by atoms with Crippen molar-refractivity contribution in [3.8, 4) is 0 Å². The molecule has 1 saturated heterocycles. The van der Waals surface area contributed by atoms with E-state index in [2.05, 4.69) is 10.3 Å². The Hall–Kier alpha value is -2.09. The molecule has 0 bridgehead atoms. The average molecular weight is 568 g/mol. The second-order valence-electron chi connectivity index (χ2n) is 9.71. The summed E-state index contributed by atoms with van der Waals surface area (Å²) in [5.41, 5.74) is -1.03. The van der Waals surface area contributed by atoms with Crippen LogP contribution in [0.1, 0.15) is 54.4 Å². The van der Waals surface area contributed by atoms with Gasteiger partial charge in [-0.15, -0.1) is 17.5 Å². The van der Waals surface area contributed by atoms with E-state index in [9.17, 15) is 30.8 Å². The first-order chi connectivity index (χ1) is 16.8. The van der Waals surface area contributed by atoms with Crippen LogP contribution in [0.2, 0.25) is 0 Å². The second-order valence-corrected chi connectivity index (χ2v) is 11.6. The van der Waals surface area contributed by atoms with Crippen molar-refractivity contribution in [2.24, 2.45) is 7.05 Å². The number of rotatable bonds is 7. The summed E-state index contributed by atoms with van der Waals surface area (Å²) in [6.45, 7) is 2.22. The average Bonchev–Trinajstić information content (AvgIpc) is 3.28. The summed E-state index contributed by atoms with van der Waals surface area (Å²) in [6.07, 6.45) is 0.894. The van der Waals surface area contributed by atoms with Crippen molar-refractivity contribution in [3.05, 3.63) is 41.1 Å². The van der Waals surface area contributed by atoms with Crippen LogP contribution in [-0.4, -0.2) is 76.0 Å².